The molecule has 0 saturated carbocycles. The number of fused-ring (bicyclic) bond motifs is 1. The fourth-order valence-corrected chi connectivity index (χ4v) is 3.01. The van der Waals surface area contributed by atoms with E-state index < -0.39 is 0 Å². The largest absolute Gasteiger partial charge is 0.490 e. The van der Waals surface area contributed by atoms with E-state index in [1.165, 1.54) is 6.34 Å². The molecule has 7 nitrogen and oxygen atoms in total. The summed E-state index contributed by atoms with van der Waals surface area (Å²) in [7, 11) is 2.12. The maximum absolute atomic E-state index is 12.0. The van der Waals surface area contributed by atoms with Crippen molar-refractivity contribution < 1.29 is 9.53 Å². The molecule has 0 aromatic heterocycles. The Morgan fingerprint density at radius 1 is 1.21 bits per heavy atom. The van der Waals surface area contributed by atoms with Crippen LogP contribution in [0.1, 0.15) is 18.4 Å². The molecule has 1 saturated heterocycles. The number of nitrogens with zero attached hydrogens (tertiary/aromatic N) is 5. The Bertz CT molecular complexity index is 801. The number of aliphatic imine (C=N–C) groups is 2. The van der Waals surface area contributed by atoms with Gasteiger partial charge in [-0.2, -0.15) is 4.99 Å². The number of likely N-dealkylation sites (tertiary alicyclic amines) is 1. The van der Waals surface area contributed by atoms with Crippen molar-refractivity contribution in [3.05, 3.63) is 35.4 Å². The maximum Gasteiger partial charge on any atom is 0.284 e. The predicted octanol–water partition coefficient (Wildman–Crippen LogP) is 2.30. The van der Waals surface area contributed by atoms with Crippen molar-refractivity contribution in [2.75, 3.05) is 20.1 Å². The lowest BCUT2D eigenvalue weighted by atomic mass is 10.1. The summed E-state index contributed by atoms with van der Waals surface area (Å²) < 4.78 is 6.10. The van der Waals surface area contributed by atoms with E-state index >= 15 is 0 Å². The molecule has 3 aliphatic heterocycles. The Kier molecular flexibility index (Phi) is 3.78. The monoisotopic (exact) mass is 323 g/mol. The number of ether oxygens (including phenoxy) is 1. The highest BCUT2D eigenvalue weighted by Gasteiger charge is 2.29. The molecule has 0 atom stereocenters. The molecule has 0 N–H and O–H groups in total. The van der Waals surface area contributed by atoms with E-state index in [1.807, 2.05) is 24.3 Å². The summed E-state index contributed by atoms with van der Waals surface area (Å²) in [5, 5.41) is 8.07. The zero-order chi connectivity index (χ0) is 16.5. The van der Waals surface area contributed by atoms with Gasteiger partial charge in [-0.3, -0.25) is 4.79 Å². The highest BCUT2D eigenvalue weighted by Crippen LogP contribution is 2.31. The molecule has 7 heteroatoms. The fourth-order valence-electron chi connectivity index (χ4n) is 3.01. The van der Waals surface area contributed by atoms with Gasteiger partial charge in [-0.1, -0.05) is 12.1 Å². The number of hydrogen-bond acceptors (Lipinski definition) is 6. The Balaban J connectivity index is 1.58. The molecule has 4 rings (SSSR count). The van der Waals surface area contributed by atoms with Crippen LogP contribution in [-0.2, 0) is 4.79 Å². The van der Waals surface area contributed by atoms with Crippen LogP contribution in [-0.4, -0.2) is 49.2 Å². The molecule has 0 bridgehead atoms. The van der Waals surface area contributed by atoms with E-state index in [2.05, 4.69) is 32.2 Å². The molecule has 1 amide bonds. The van der Waals surface area contributed by atoms with E-state index in [9.17, 15) is 4.79 Å². The zero-order valence-electron chi connectivity index (χ0n) is 13.3. The van der Waals surface area contributed by atoms with Gasteiger partial charge in [0.05, 0.1) is 0 Å². The summed E-state index contributed by atoms with van der Waals surface area (Å²) in [6.45, 7) is 2.08. The highest BCUT2D eigenvalue weighted by atomic mass is 16.5. The summed E-state index contributed by atoms with van der Waals surface area (Å²) in [5.41, 5.74) is 1.65. The first-order valence-corrected chi connectivity index (χ1v) is 7.97. The second kappa shape index (κ2) is 6.09. The summed E-state index contributed by atoms with van der Waals surface area (Å²) in [6.07, 6.45) is 3.46. The Hall–Kier alpha value is -2.67. The first-order chi connectivity index (χ1) is 11.7. The third-order valence-electron chi connectivity index (χ3n) is 4.35. The predicted molar refractivity (Wildman–Crippen MR) is 90.3 cm³/mol. The summed E-state index contributed by atoms with van der Waals surface area (Å²) in [4.78, 5) is 22.0. The van der Waals surface area contributed by atoms with Crippen LogP contribution in [0.15, 0.2) is 50.1 Å². The molecule has 0 radical (unpaired) electrons. The van der Waals surface area contributed by atoms with E-state index in [1.54, 1.807) is 0 Å². The first kappa shape index (κ1) is 14.9. The minimum Gasteiger partial charge on any atom is -0.490 e. The molecule has 0 unspecified atom stereocenters. The van der Waals surface area contributed by atoms with Crippen LogP contribution in [0.4, 0.5) is 0 Å². The average molecular weight is 323 g/mol. The summed E-state index contributed by atoms with van der Waals surface area (Å²) >= 11 is 0. The topological polar surface area (TPSA) is 79.0 Å². The first-order valence-electron chi connectivity index (χ1n) is 7.97. The number of carbonyl (C=O) groups is 1. The van der Waals surface area contributed by atoms with Crippen molar-refractivity contribution in [1.82, 2.24) is 4.90 Å². The van der Waals surface area contributed by atoms with Gasteiger partial charge in [-0.15, -0.1) is 10.2 Å². The van der Waals surface area contributed by atoms with Gasteiger partial charge in [-0.25, -0.2) is 4.99 Å². The van der Waals surface area contributed by atoms with Crippen LogP contribution in [0.2, 0.25) is 0 Å². The third kappa shape index (κ3) is 2.78. The lowest BCUT2D eigenvalue weighted by Crippen LogP contribution is -2.35. The van der Waals surface area contributed by atoms with Gasteiger partial charge in [0.15, 0.2) is 5.84 Å². The van der Waals surface area contributed by atoms with E-state index in [4.69, 9.17) is 4.74 Å². The van der Waals surface area contributed by atoms with Gasteiger partial charge in [0.1, 0.15) is 29.5 Å². The Morgan fingerprint density at radius 3 is 2.88 bits per heavy atom. The molecule has 0 spiro atoms. The average Bonchev–Trinajstić information content (AvgIpc) is 3.03. The number of azo groups is 1. The molecule has 122 valence electrons. The summed E-state index contributed by atoms with van der Waals surface area (Å²) in [5.74, 6) is 0.746. The van der Waals surface area contributed by atoms with Gasteiger partial charge >= 0.3 is 0 Å². The normalized spacial score (nSPS) is 21.2. The van der Waals surface area contributed by atoms with Crippen LogP contribution < -0.4 is 4.74 Å². The van der Waals surface area contributed by atoms with Crippen molar-refractivity contribution in [2.45, 2.75) is 18.9 Å². The van der Waals surface area contributed by atoms with E-state index in [0.29, 0.717) is 17.1 Å². The van der Waals surface area contributed by atoms with Crippen LogP contribution in [0, 0.1) is 0 Å². The smallest absolute Gasteiger partial charge is 0.284 e. The number of amidine groups is 1. The molecule has 24 heavy (non-hydrogen) atoms. The molecule has 3 aliphatic rings. The SMILES string of the molecule is CN1CCC(Oc2cccc(C3=C4C(=O)N=CN=C4N=N3)c2)CC1. The van der Waals surface area contributed by atoms with Gasteiger partial charge < -0.3 is 9.64 Å². The highest BCUT2D eigenvalue weighted by molar-refractivity contribution is 6.31. The molecule has 1 fully saturated rings. The Labute approximate surface area is 139 Å². The molecular weight excluding hydrogens is 306 g/mol. The zero-order valence-corrected chi connectivity index (χ0v) is 13.3. The van der Waals surface area contributed by atoms with Gasteiger partial charge in [0, 0.05) is 18.7 Å². The maximum atomic E-state index is 12.0. The second-order valence-corrected chi connectivity index (χ2v) is 6.07. The fraction of sp³-hybridized carbons (Fsp3) is 0.353. The lowest BCUT2D eigenvalue weighted by Gasteiger charge is -2.29. The standard InChI is InChI=1S/C17H17N5O2/c1-22-7-5-12(6-8-22)24-13-4-2-3-11(9-13)15-14-16(21-20-15)18-10-19-17(14)23/h2-4,9-10,12H,5-8H2,1H3. The lowest BCUT2D eigenvalue weighted by molar-refractivity contribution is -0.113. The van der Waals surface area contributed by atoms with Crippen molar-refractivity contribution in [3.8, 4) is 5.75 Å². The number of hydrogen-bond donors (Lipinski definition) is 0. The van der Waals surface area contributed by atoms with Gasteiger partial charge in [0.25, 0.3) is 5.91 Å². The second-order valence-electron chi connectivity index (χ2n) is 6.07. The number of rotatable bonds is 3. The van der Waals surface area contributed by atoms with Crippen LogP contribution >= 0.6 is 0 Å². The molecule has 1 aromatic rings. The minimum absolute atomic E-state index is 0.220. The number of piperidine rings is 1. The van der Waals surface area contributed by atoms with Crippen LogP contribution in [0.25, 0.3) is 5.70 Å². The van der Waals surface area contributed by atoms with Crippen molar-refractivity contribution in [1.29, 1.82) is 0 Å². The van der Waals surface area contributed by atoms with Crippen molar-refractivity contribution in [2.24, 2.45) is 20.2 Å². The van der Waals surface area contributed by atoms with Crippen LogP contribution in [0.3, 0.4) is 0 Å². The molecule has 3 heterocycles. The van der Waals surface area contributed by atoms with Crippen LogP contribution in [0.5, 0.6) is 5.75 Å². The third-order valence-corrected chi connectivity index (χ3v) is 4.35. The molecule has 0 aliphatic carbocycles. The van der Waals surface area contributed by atoms with Crippen molar-refractivity contribution in [3.63, 3.8) is 0 Å². The number of benzene rings is 1. The van der Waals surface area contributed by atoms with Gasteiger partial charge in [0.2, 0.25) is 0 Å². The Morgan fingerprint density at radius 2 is 2.04 bits per heavy atom. The number of amides is 1. The number of carbonyl (C=O) groups excluding carboxylic acids is 1. The molecule has 1 aromatic carbocycles. The van der Waals surface area contributed by atoms with E-state index in [-0.39, 0.29) is 12.0 Å². The van der Waals surface area contributed by atoms with Crippen molar-refractivity contribution >= 4 is 23.8 Å². The minimum atomic E-state index is -0.360. The summed E-state index contributed by atoms with van der Waals surface area (Å²) in [6, 6.07) is 7.61. The van der Waals surface area contributed by atoms with Gasteiger partial charge in [-0.05, 0) is 32.0 Å². The van der Waals surface area contributed by atoms with E-state index in [0.717, 1.165) is 37.2 Å². The quantitative estimate of drug-likeness (QED) is 0.856. The molecular formula is C17H17N5O2.